The Morgan fingerprint density at radius 2 is 2.05 bits per heavy atom. The summed E-state index contributed by atoms with van der Waals surface area (Å²) in [6.45, 7) is 6.63. The molecular formula is C13H24N2O2S3. The zero-order chi connectivity index (χ0) is 15.3. The maximum absolute atomic E-state index is 12.7. The number of nitrogens with one attached hydrogen (secondary N) is 1. The van der Waals surface area contributed by atoms with Gasteiger partial charge in [-0.1, -0.05) is 13.8 Å². The van der Waals surface area contributed by atoms with E-state index < -0.39 is 10.0 Å². The number of rotatable bonds is 8. The summed E-state index contributed by atoms with van der Waals surface area (Å²) >= 11 is 3.14. The normalized spacial score (nSPS) is 14.2. The summed E-state index contributed by atoms with van der Waals surface area (Å²) in [5.74, 6) is 0.791. The number of thioether (sulfide) groups is 1. The average Bonchev–Trinajstić information content (AvgIpc) is 2.84. The molecule has 1 atom stereocenters. The SMILES string of the molecule is CSCC(C)N(C)S(=O)(=O)c1ccsc1CNC(C)C. The Labute approximate surface area is 131 Å². The van der Waals surface area contributed by atoms with Crippen LogP contribution in [-0.2, 0) is 16.6 Å². The van der Waals surface area contributed by atoms with E-state index in [-0.39, 0.29) is 6.04 Å². The molecule has 116 valence electrons. The Morgan fingerprint density at radius 1 is 1.40 bits per heavy atom. The predicted octanol–water partition coefficient (Wildman–Crippen LogP) is 2.62. The quantitative estimate of drug-likeness (QED) is 0.793. The van der Waals surface area contributed by atoms with Gasteiger partial charge in [-0.2, -0.15) is 16.1 Å². The number of nitrogens with zero attached hydrogens (tertiary/aromatic N) is 1. The molecule has 20 heavy (non-hydrogen) atoms. The standard InChI is InChI=1S/C13H24N2O2S3/c1-10(2)14-8-12-13(6-7-19-12)20(16,17)15(4)11(3)9-18-5/h6-7,10-11,14H,8-9H2,1-5H3. The van der Waals surface area contributed by atoms with Crippen molar-refractivity contribution in [1.82, 2.24) is 9.62 Å². The average molecular weight is 337 g/mol. The molecule has 0 saturated heterocycles. The predicted molar refractivity (Wildman–Crippen MR) is 89.1 cm³/mol. The third kappa shape index (κ3) is 4.46. The Hall–Kier alpha value is -0.0800. The van der Waals surface area contributed by atoms with E-state index in [1.807, 2.05) is 18.6 Å². The molecule has 1 heterocycles. The number of thiophene rings is 1. The smallest absolute Gasteiger partial charge is 0.244 e. The molecule has 0 spiro atoms. The molecule has 7 heteroatoms. The van der Waals surface area contributed by atoms with Gasteiger partial charge in [0.2, 0.25) is 10.0 Å². The van der Waals surface area contributed by atoms with Crippen LogP contribution in [-0.4, -0.2) is 43.9 Å². The minimum atomic E-state index is -3.41. The van der Waals surface area contributed by atoms with E-state index in [0.29, 0.717) is 17.5 Å². The maximum atomic E-state index is 12.7. The molecule has 1 unspecified atom stereocenters. The highest BCUT2D eigenvalue weighted by molar-refractivity contribution is 7.98. The third-order valence-corrected chi connectivity index (χ3v) is 6.98. The lowest BCUT2D eigenvalue weighted by Gasteiger charge is -2.24. The molecule has 0 aliphatic rings. The van der Waals surface area contributed by atoms with Crippen LogP contribution in [0.4, 0.5) is 0 Å². The zero-order valence-corrected chi connectivity index (χ0v) is 15.2. The molecule has 0 saturated carbocycles. The van der Waals surface area contributed by atoms with Gasteiger partial charge in [0.1, 0.15) is 0 Å². The fourth-order valence-electron chi connectivity index (χ4n) is 1.72. The Bertz CT molecular complexity index is 511. The molecule has 0 aliphatic carbocycles. The van der Waals surface area contributed by atoms with Crippen LogP contribution in [0.25, 0.3) is 0 Å². The lowest BCUT2D eigenvalue weighted by Crippen LogP contribution is -2.37. The van der Waals surface area contributed by atoms with Crippen molar-refractivity contribution in [3.8, 4) is 0 Å². The van der Waals surface area contributed by atoms with Crippen LogP contribution >= 0.6 is 23.1 Å². The number of sulfonamides is 1. The van der Waals surface area contributed by atoms with Crippen LogP contribution in [0.2, 0.25) is 0 Å². The fourth-order valence-corrected chi connectivity index (χ4v) is 5.25. The first-order valence-corrected chi connectivity index (χ1v) is 10.3. The minimum absolute atomic E-state index is 0.0131. The van der Waals surface area contributed by atoms with Gasteiger partial charge in [-0.05, 0) is 24.6 Å². The second kappa shape index (κ2) is 7.79. The van der Waals surface area contributed by atoms with E-state index in [1.165, 1.54) is 15.6 Å². The van der Waals surface area contributed by atoms with Gasteiger partial charge in [-0.15, -0.1) is 11.3 Å². The topological polar surface area (TPSA) is 49.4 Å². The molecule has 1 aromatic heterocycles. The second-order valence-corrected chi connectivity index (χ2v) is 8.95. The van der Waals surface area contributed by atoms with Crippen molar-refractivity contribution < 1.29 is 8.42 Å². The van der Waals surface area contributed by atoms with Gasteiger partial charge < -0.3 is 5.32 Å². The van der Waals surface area contributed by atoms with Crippen molar-refractivity contribution >= 4 is 33.1 Å². The van der Waals surface area contributed by atoms with E-state index in [9.17, 15) is 8.42 Å². The summed E-state index contributed by atoms with van der Waals surface area (Å²) in [4.78, 5) is 1.31. The lowest BCUT2D eigenvalue weighted by molar-refractivity contribution is 0.414. The summed E-state index contributed by atoms with van der Waals surface area (Å²) < 4.78 is 26.8. The van der Waals surface area contributed by atoms with Gasteiger partial charge in [0.25, 0.3) is 0 Å². The molecular weight excluding hydrogens is 312 g/mol. The molecule has 0 radical (unpaired) electrons. The Kier molecular flexibility index (Phi) is 7.00. The van der Waals surface area contributed by atoms with Gasteiger partial charge in [0, 0.05) is 36.3 Å². The van der Waals surface area contributed by atoms with Crippen LogP contribution in [0.5, 0.6) is 0 Å². The highest BCUT2D eigenvalue weighted by Gasteiger charge is 2.28. The van der Waals surface area contributed by atoms with Gasteiger partial charge >= 0.3 is 0 Å². The second-order valence-electron chi connectivity index (χ2n) is 5.07. The van der Waals surface area contributed by atoms with Gasteiger partial charge in [0.05, 0.1) is 4.90 Å². The van der Waals surface area contributed by atoms with E-state index in [1.54, 1.807) is 24.9 Å². The first-order chi connectivity index (χ1) is 9.30. The highest BCUT2D eigenvalue weighted by atomic mass is 32.2. The molecule has 0 bridgehead atoms. The largest absolute Gasteiger partial charge is 0.310 e. The van der Waals surface area contributed by atoms with E-state index in [4.69, 9.17) is 0 Å². The summed E-state index contributed by atoms with van der Waals surface area (Å²) in [6.07, 6.45) is 1.99. The lowest BCUT2D eigenvalue weighted by atomic mass is 10.4. The van der Waals surface area contributed by atoms with Crippen molar-refractivity contribution in [2.24, 2.45) is 0 Å². The summed E-state index contributed by atoms with van der Waals surface area (Å²) in [6, 6.07) is 2.03. The van der Waals surface area contributed by atoms with E-state index >= 15 is 0 Å². The molecule has 0 fully saturated rings. The van der Waals surface area contributed by atoms with Crippen LogP contribution in [0.1, 0.15) is 25.6 Å². The Morgan fingerprint density at radius 3 is 2.60 bits per heavy atom. The Balaban J connectivity index is 2.95. The van der Waals surface area contributed by atoms with Crippen molar-refractivity contribution in [3.63, 3.8) is 0 Å². The van der Waals surface area contributed by atoms with Crippen LogP contribution in [0.3, 0.4) is 0 Å². The van der Waals surface area contributed by atoms with Crippen LogP contribution in [0.15, 0.2) is 16.3 Å². The van der Waals surface area contributed by atoms with E-state index in [2.05, 4.69) is 19.2 Å². The molecule has 1 N–H and O–H groups in total. The molecule has 0 aliphatic heterocycles. The van der Waals surface area contributed by atoms with Gasteiger partial charge in [0.15, 0.2) is 0 Å². The van der Waals surface area contributed by atoms with Crippen molar-refractivity contribution in [2.75, 3.05) is 19.1 Å². The molecule has 1 rings (SSSR count). The zero-order valence-electron chi connectivity index (χ0n) is 12.7. The van der Waals surface area contributed by atoms with Crippen LogP contribution in [0, 0.1) is 0 Å². The van der Waals surface area contributed by atoms with Crippen molar-refractivity contribution in [3.05, 3.63) is 16.3 Å². The van der Waals surface area contributed by atoms with Crippen LogP contribution < -0.4 is 5.32 Å². The first kappa shape index (κ1) is 18.0. The van der Waals surface area contributed by atoms with Gasteiger partial charge in [-0.3, -0.25) is 0 Å². The van der Waals surface area contributed by atoms with Crippen molar-refractivity contribution in [2.45, 2.75) is 44.3 Å². The first-order valence-electron chi connectivity index (χ1n) is 6.57. The van der Waals surface area contributed by atoms with Crippen molar-refractivity contribution in [1.29, 1.82) is 0 Å². The summed E-state index contributed by atoms with van der Waals surface area (Å²) in [5.41, 5.74) is 0. The minimum Gasteiger partial charge on any atom is -0.310 e. The number of hydrogen-bond acceptors (Lipinski definition) is 5. The molecule has 0 amide bonds. The fraction of sp³-hybridized carbons (Fsp3) is 0.692. The maximum Gasteiger partial charge on any atom is 0.244 e. The van der Waals surface area contributed by atoms with Gasteiger partial charge in [-0.25, -0.2) is 8.42 Å². The molecule has 4 nitrogen and oxygen atoms in total. The molecule has 0 aromatic carbocycles. The summed E-state index contributed by atoms with van der Waals surface area (Å²) in [7, 11) is -1.74. The van der Waals surface area contributed by atoms with E-state index in [0.717, 1.165) is 10.6 Å². The number of hydrogen-bond donors (Lipinski definition) is 1. The summed E-state index contributed by atoms with van der Waals surface area (Å²) in [5, 5.41) is 5.12. The molecule has 1 aromatic rings. The monoisotopic (exact) mass is 336 g/mol. The third-order valence-electron chi connectivity index (χ3n) is 3.06. The highest BCUT2D eigenvalue weighted by Crippen LogP contribution is 2.26.